The first kappa shape index (κ1) is 18.9. The Bertz CT molecular complexity index is 777. The zero-order valence-electron chi connectivity index (χ0n) is 16.9. The minimum absolute atomic E-state index is 0.275. The highest BCUT2D eigenvalue weighted by atomic mass is 16.5. The molecule has 3 aliphatic rings. The number of methoxy groups -OCH3 is 1. The Morgan fingerprint density at radius 3 is 2.43 bits per heavy atom. The number of nitrogens with zero attached hydrogens (tertiary/aromatic N) is 5. The summed E-state index contributed by atoms with van der Waals surface area (Å²) in [6, 6.07) is 6.29. The van der Waals surface area contributed by atoms with E-state index >= 15 is 0 Å². The zero-order chi connectivity index (χ0) is 19.7. The Morgan fingerprint density at radius 1 is 1.04 bits per heavy atom. The van der Waals surface area contributed by atoms with Gasteiger partial charge in [0.2, 0.25) is 11.9 Å². The average molecular weight is 386 g/mol. The maximum absolute atomic E-state index is 6.35. The molecule has 0 atom stereocenters. The highest BCUT2D eigenvalue weighted by molar-refractivity contribution is 6.05. The maximum Gasteiger partial charge on any atom is 0.220 e. The van der Waals surface area contributed by atoms with Gasteiger partial charge in [-0.05, 0) is 44.9 Å². The van der Waals surface area contributed by atoms with Gasteiger partial charge in [-0.2, -0.15) is 4.99 Å². The molecule has 0 aromatic heterocycles. The largest absolute Gasteiger partial charge is 0.495 e. The minimum atomic E-state index is -0.436. The van der Waals surface area contributed by atoms with Crippen LogP contribution in [0.1, 0.15) is 32.1 Å². The van der Waals surface area contributed by atoms with Crippen LogP contribution in [-0.2, 0) is 0 Å². The predicted molar refractivity (Wildman–Crippen MR) is 114 cm³/mol. The Balaban J connectivity index is 1.69. The van der Waals surface area contributed by atoms with E-state index in [4.69, 9.17) is 21.2 Å². The summed E-state index contributed by atoms with van der Waals surface area (Å²) in [6.07, 6.45) is 5.28. The van der Waals surface area contributed by atoms with Crippen LogP contribution in [0.3, 0.4) is 0 Å². The first-order chi connectivity index (χ1) is 13.5. The summed E-state index contributed by atoms with van der Waals surface area (Å²) in [4.78, 5) is 15.8. The van der Waals surface area contributed by atoms with Crippen molar-refractivity contribution in [2.45, 2.75) is 37.8 Å². The lowest BCUT2D eigenvalue weighted by Gasteiger charge is -2.45. The van der Waals surface area contributed by atoms with Gasteiger partial charge >= 0.3 is 0 Å². The molecule has 2 aliphatic heterocycles. The number of rotatable bonds is 3. The second-order valence-corrected chi connectivity index (χ2v) is 7.97. The van der Waals surface area contributed by atoms with Crippen molar-refractivity contribution in [3.63, 3.8) is 0 Å². The van der Waals surface area contributed by atoms with Crippen molar-refractivity contribution in [3.05, 3.63) is 18.2 Å². The summed E-state index contributed by atoms with van der Waals surface area (Å²) in [6.45, 7) is 4.08. The van der Waals surface area contributed by atoms with Crippen LogP contribution in [0, 0.1) is 0 Å². The molecule has 8 nitrogen and oxygen atoms in total. The number of nitrogens with two attached hydrogens (primary N) is 2. The van der Waals surface area contributed by atoms with Gasteiger partial charge in [-0.15, -0.1) is 0 Å². The first-order valence-corrected chi connectivity index (χ1v) is 10.1. The van der Waals surface area contributed by atoms with Crippen LogP contribution < -0.4 is 26.0 Å². The van der Waals surface area contributed by atoms with Crippen LogP contribution >= 0.6 is 0 Å². The number of likely N-dealkylation sites (N-methyl/N-ethyl adjacent to an activating group) is 1. The Kier molecular flexibility index (Phi) is 5.05. The molecule has 8 heteroatoms. The van der Waals surface area contributed by atoms with E-state index in [2.05, 4.69) is 44.9 Å². The van der Waals surface area contributed by atoms with Crippen molar-refractivity contribution < 1.29 is 4.74 Å². The molecule has 2 fully saturated rings. The van der Waals surface area contributed by atoms with Crippen molar-refractivity contribution in [3.8, 4) is 5.75 Å². The van der Waals surface area contributed by atoms with Crippen molar-refractivity contribution in [1.29, 1.82) is 0 Å². The summed E-state index contributed by atoms with van der Waals surface area (Å²) >= 11 is 0. The quantitative estimate of drug-likeness (QED) is 0.820. The molecule has 1 aromatic carbocycles. The standard InChI is InChI=1S/C20H31N7O/c1-25-10-12-26(13-11-25)16-7-6-15(14-17(16)28-2)27-19(22)23-18(21)24-20(27)8-4-3-5-9-20/h6-7,14H,3-5,8-13H2,1-2H3,(H4,21,22,23,24). The summed E-state index contributed by atoms with van der Waals surface area (Å²) in [5.74, 6) is 1.53. The molecular formula is C20H31N7O. The van der Waals surface area contributed by atoms with E-state index in [9.17, 15) is 0 Å². The molecule has 0 bridgehead atoms. The first-order valence-electron chi connectivity index (χ1n) is 10.1. The molecule has 1 aromatic rings. The van der Waals surface area contributed by atoms with Crippen molar-refractivity contribution in [2.75, 3.05) is 50.1 Å². The number of piperazine rings is 1. The van der Waals surface area contributed by atoms with E-state index in [1.54, 1.807) is 7.11 Å². The second-order valence-electron chi connectivity index (χ2n) is 7.97. The van der Waals surface area contributed by atoms with E-state index in [0.29, 0.717) is 5.96 Å². The molecule has 4 rings (SSSR count). The molecule has 0 radical (unpaired) electrons. The lowest BCUT2D eigenvalue weighted by Crippen LogP contribution is -2.58. The molecule has 1 spiro atoms. The lowest BCUT2D eigenvalue weighted by molar-refractivity contribution is 0.305. The van der Waals surface area contributed by atoms with Gasteiger partial charge in [0.15, 0.2) is 0 Å². The average Bonchev–Trinajstić information content (AvgIpc) is 2.68. The summed E-state index contributed by atoms with van der Waals surface area (Å²) in [5.41, 5.74) is 14.0. The number of aliphatic imine (C=N–C) groups is 2. The number of hydrogen-bond donors (Lipinski definition) is 2. The van der Waals surface area contributed by atoms with E-state index in [0.717, 1.165) is 69.0 Å². The van der Waals surface area contributed by atoms with Crippen LogP contribution in [0.25, 0.3) is 0 Å². The van der Waals surface area contributed by atoms with Gasteiger partial charge in [0.1, 0.15) is 11.4 Å². The third-order valence-electron chi connectivity index (χ3n) is 6.12. The Labute approximate surface area is 166 Å². The van der Waals surface area contributed by atoms with Crippen LogP contribution in [0.2, 0.25) is 0 Å². The second kappa shape index (κ2) is 7.50. The van der Waals surface area contributed by atoms with Crippen LogP contribution in [-0.4, -0.2) is 62.8 Å². The Hall–Kier alpha value is -2.48. The summed E-state index contributed by atoms with van der Waals surface area (Å²) in [7, 11) is 3.88. The van der Waals surface area contributed by atoms with E-state index < -0.39 is 5.66 Å². The van der Waals surface area contributed by atoms with E-state index in [1.807, 2.05) is 0 Å². The third kappa shape index (κ3) is 3.37. The minimum Gasteiger partial charge on any atom is -0.495 e. The topological polar surface area (TPSA) is 95.7 Å². The van der Waals surface area contributed by atoms with Gasteiger partial charge < -0.3 is 26.0 Å². The number of anilines is 2. The van der Waals surface area contributed by atoms with Crippen molar-refractivity contribution in [1.82, 2.24) is 4.90 Å². The van der Waals surface area contributed by atoms with Gasteiger partial charge in [0, 0.05) is 32.2 Å². The fourth-order valence-corrected chi connectivity index (χ4v) is 4.61. The smallest absolute Gasteiger partial charge is 0.220 e. The van der Waals surface area contributed by atoms with E-state index in [-0.39, 0.29) is 5.96 Å². The highest BCUT2D eigenvalue weighted by Crippen LogP contribution is 2.42. The Morgan fingerprint density at radius 2 is 1.75 bits per heavy atom. The number of hydrogen-bond acceptors (Lipinski definition) is 8. The molecule has 1 aliphatic carbocycles. The van der Waals surface area contributed by atoms with Crippen LogP contribution in [0.4, 0.5) is 11.4 Å². The van der Waals surface area contributed by atoms with Crippen molar-refractivity contribution >= 4 is 23.3 Å². The fourth-order valence-electron chi connectivity index (χ4n) is 4.61. The monoisotopic (exact) mass is 385 g/mol. The van der Waals surface area contributed by atoms with Gasteiger partial charge in [0.05, 0.1) is 18.5 Å². The number of guanidine groups is 2. The molecule has 28 heavy (non-hydrogen) atoms. The SMILES string of the molecule is COc1cc(N2C(N)=NC(N)=NC23CCCCC3)ccc1N1CCN(C)CC1. The van der Waals surface area contributed by atoms with Gasteiger partial charge in [-0.25, -0.2) is 4.99 Å². The van der Waals surface area contributed by atoms with Gasteiger partial charge in [-0.1, -0.05) is 6.42 Å². The van der Waals surface area contributed by atoms with Crippen LogP contribution in [0.15, 0.2) is 28.2 Å². The molecule has 1 saturated heterocycles. The molecule has 1 saturated carbocycles. The van der Waals surface area contributed by atoms with E-state index in [1.165, 1.54) is 6.42 Å². The summed E-state index contributed by atoms with van der Waals surface area (Å²) in [5, 5.41) is 0. The zero-order valence-corrected chi connectivity index (χ0v) is 16.9. The van der Waals surface area contributed by atoms with Gasteiger partial charge in [-0.3, -0.25) is 4.90 Å². The summed E-state index contributed by atoms with van der Waals surface area (Å²) < 4.78 is 5.77. The number of benzene rings is 1. The molecule has 4 N–H and O–H groups in total. The van der Waals surface area contributed by atoms with Gasteiger partial charge in [0.25, 0.3) is 0 Å². The molecule has 2 heterocycles. The van der Waals surface area contributed by atoms with Crippen molar-refractivity contribution in [2.24, 2.45) is 21.5 Å². The fraction of sp³-hybridized carbons (Fsp3) is 0.600. The number of ether oxygens (including phenoxy) is 1. The lowest BCUT2D eigenvalue weighted by atomic mass is 9.87. The molecule has 0 unspecified atom stereocenters. The third-order valence-corrected chi connectivity index (χ3v) is 6.12. The highest BCUT2D eigenvalue weighted by Gasteiger charge is 2.42. The predicted octanol–water partition coefficient (Wildman–Crippen LogP) is 1.56. The van der Waals surface area contributed by atoms with Crippen LogP contribution in [0.5, 0.6) is 5.75 Å². The maximum atomic E-state index is 6.35. The molecule has 152 valence electrons. The molecule has 0 amide bonds. The molecular weight excluding hydrogens is 354 g/mol. The normalized spacial score (nSPS) is 22.8.